The van der Waals surface area contributed by atoms with Gasteiger partial charge in [-0.15, -0.1) is 5.10 Å². The van der Waals surface area contributed by atoms with E-state index in [1.807, 2.05) is 0 Å². The van der Waals surface area contributed by atoms with Crippen molar-refractivity contribution in [3.63, 3.8) is 0 Å². The maximum Gasteiger partial charge on any atom is 0.234 e. The minimum atomic E-state index is -1.66. The first kappa shape index (κ1) is 19.6. The number of anilines is 1. The summed E-state index contributed by atoms with van der Waals surface area (Å²) in [6, 6.07) is 7.50. The highest BCUT2D eigenvalue weighted by Gasteiger charge is 2.15. The number of aromatic nitrogens is 3. The van der Waals surface area contributed by atoms with Crippen LogP contribution < -0.4 is 5.32 Å². The maximum atomic E-state index is 13.5. The Kier molecular flexibility index (Phi) is 6.09. The number of amides is 1. The van der Waals surface area contributed by atoms with Crippen LogP contribution in [0.1, 0.15) is 11.4 Å². The molecule has 0 saturated carbocycles. The molecule has 1 heterocycles. The number of thioether (sulfide) groups is 1. The number of aromatic amines is 1. The van der Waals surface area contributed by atoms with Gasteiger partial charge in [-0.3, -0.25) is 9.89 Å². The van der Waals surface area contributed by atoms with Crippen LogP contribution in [0.5, 0.6) is 0 Å². The predicted octanol–water partition coefficient (Wildman–Crippen LogP) is 4.26. The summed E-state index contributed by atoms with van der Waals surface area (Å²) in [4.78, 5) is 16.0. The first-order valence-electron chi connectivity index (χ1n) is 7.84. The van der Waals surface area contributed by atoms with Gasteiger partial charge in [0.25, 0.3) is 0 Å². The molecule has 10 heteroatoms. The van der Waals surface area contributed by atoms with Crippen molar-refractivity contribution < 1.29 is 22.4 Å². The zero-order valence-corrected chi connectivity index (χ0v) is 14.9. The minimum Gasteiger partial charge on any atom is -0.323 e. The van der Waals surface area contributed by atoms with Crippen LogP contribution in [0.3, 0.4) is 0 Å². The molecule has 0 atom stereocenters. The normalized spacial score (nSPS) is 11.1. The fraction of sp³-hybridized carbons (Fsp3) is 0.0556. The fourth-order valence-corrected chi connectivity index (χ4v) is 2.69. The molecule has 2 N–H and O–H groups in total. The molecule has 144 valence electrons. The Bertz CT molecular complexity index is 1020. The molecule has 0 aliphatic heterocycles. The van der Waals surface area contributed by atoms with Gasteiger partial charge in [-0.1, -0.05) is 30.0 Å². The van der Waals surface area contributed by atoms with Crippen LogP contribution in [0.15, 0.2) is 41.6 Å². The zero-order chi connectivity index (χ0) is 20.1. The van der Waals surface area contributed by atoms with Crippen LogP contribution in [0, 0.1) is 23.3 Å². The number of carbonyl (C=O) groups excluding carboxylic acids is 1. The lowest BCUT2D eigenvalue weighted by Crippen LogP contribution is -2.16. The van der Waals surface area contributed by atoms with Crippen molar-refractivity contribution in [1.82, 2.24) is 15.2 Å². The number of carbonyl (C=O) groups is 1. The maximum absolute atomic E-state index is 13.5. The number of H-pyrrole nitrogens is 1. The lowest BCUT2D eigenvalue weighted by atomic mass is 10.2. The summed E-state index contributed by atoms with van der Waals surface area (Å²) >= 11 is 0.966. The van der Waals surface area contributed by atoms with Gasteiger partial charge in [0.05, 0.1) is 11.4 Å². The van der Waals surface area contributed by atoms with Gasteiger partial charge in [0.15, 0.2) is 17.5 Å². The Labute approximate surface area is 160 Å². The molecular weight excluding hydrogens is 396 g/mol. The average molecular weight is 408 g/mol. The van der Waals surface area contributed by atoms with E-state index in [1.165, 1.54) is 12.1 Å². The standard InChI is InChI=1S/C18H12F4N4OS/c19-11-4-1-10(2-5-11)3-8-14-24-18(26-25-14)28-9-15(27)23-13-7-6-12(20)16(21)17(13)22/h1-8H,9H2,(H,23,27)(H,24,25,26)/b8-3+. The second-order valence-corrected chi connectivity index (χ2v) is 6.39. The Morgan fingerprint density at radius 1 is 1.04 bits per heavy atom. The third-order valence-electron chi connectivity index (χ3n) is 3.43. The van der Waals surface area contributed by atoms with E-state index in [0.717, 1.165) is 29.5 Å². The first-order chi connectivity index (χ1) is 13.4. The van der Waals surface area contributed by atoms with Crippen molar-refractivity contribution in [3.8, 4) is 0 Å². The number of hydrogen-bond acceptors (Lipinski definition) is 4. The Hall–Kier alpha value is -3.14. The molecule has 0 unspecified atom stereocenters. The Balaban J connectivity index is 1.54. The summed E-state index contributed by atoms with van der Waals surface area (Å²) < 4.78 is 52.4. The zero-order valence-electron chi connectivity index (χ0n) is 14.0. The molecule has 0 saturated heterocycles. The third kappa shape index (κ3) is 4.97. The second-order valence-electron chi connectivity index (χ2n) is 5.45. The van der Waals surface area contributed by atoms with E-state index in [4.69, 9.17) is 0 Å². The Morgan fingerprint density at radius 3 is 2.54 bits per heavy atom. The summed E-state index contributed by atoms with van der Waals surface area (Å²) in [6.45, 7) is 0. The van der Waals surface area contributed by atoms with E-state index in [2.05, 4.69) is 20.5 Å². The van der Waals surface area contributed by atoms with Crippen molar-refractivity contribution in [2.75, 3.05) is 11.1 Å². The van der Waals surface area contributed by atoms with Crippen LogP contribution in [-0.2, 0) is 4.79 Å². The van der Waals surface area contributed by atoms with Gasteiger partial charge >= 0.3 is 0 Å². The molecule has 3 rings (SSSR count). The smallest absolute Gasteiger partial charge is 0.234 e. The van der Waals surface area contributed by atoms with Crippen molar-refractivity contribution in [1.29, 1.82) is 0 Å². The van der Waals surface area contributed by atoms with E-state index < -0.39 is 29.0 Å². The first-order valence-corrected chi connectivity index (χ1v) is 8.83. The lowest BCUT2D eigenvalue weighted by molar-refractivity contribution is -0.113. The number of halogens is 4. The molecule has 0 spiro atoms. The number of rotatable bonds is 6. The molecular formula is C18H12F4N4OS. The number of nitrogens with zero attached hydrogens (tertiary/aromatic N) is 2. The van der Waals surface area contributed by atoms with E-state index in [-0.39, 0.29) is 16.7 Å². The summed E-state index contributed by atoms with van der Waals surface area (Å²) in [5, 5.41) is 8.99. The summed E-state index contributed by atoms with van der Waals surface area (Å²) in [5.74, 6) is -5.19. The van der Waals surface area contributed by atoms with E-state index in [1.54, 1.807) is 24.3 Å². The van der Waals surface area contributed by atoms with Crippen molar-refractivity contribution in [2.24, 2.45) is 0 Å². The van der Waals surface area contributed by atoms with E-state index in [9.17, 15) is 22.4 Å². The van der Waals surface area contributed by atoms with E-state index in [0.29, 0.717) is 5.82 Å². The van der Waals surface area contributed by atoms with Crippen LogP contribution >= 0.6 is 11.8 Å². The van der Waals surface area contributed by atoms with Crippen molar-refractivity contribution in [2.45, 2.75) is 5.16 Å². The van der Waals surface area contributed by atoms with Crippen LogP contribution in [0.2, 0.25) is 0 Å². The van der Waals surface area contributed by atoms with Gasteiger partial charge in [0.2, 0.25) is 11.1 Å². The summed E-state index contributed by atoms with van der Waals surface area (Å²) in [5.41, 5.74) is 0.308. The van der Waals surface area contributed by atoms with Crippen LogP contribution in [0.25, 0.3) is 12.2 Å². The molecule has 2 aromatic carbocycles. The molecule has 28 heavy (non-hydrogen) atoms. The van der Waals surface area contributed by atoms with Crippen molar-refractivity contribution >= 4 is 35.5 Å². The molecule has 0 fully saturated rings. The molecule has 0 bridgehead atoms. The third-order valence-corrected chi connectivity index (χ3v) is 4.27. The molecule has 0 aliphatic rings. The largest absolute Gasteiger partial charge is 0.323 e. The highest BCUT2D eigenvalue weighted by atomic mass is 32.2. The van der Waals surface area contributed by atoms with Gasteiger partial charge in [-0.05, 0) is 35.9 Å². The monoisotopic (exact) mass is 408 g/mol. The van der Waals surface area contributed by atoms with Gasteiger partial charge in [0, 0.05) is 0 Å². The topological polar surface area (TPSA) is 70.7 Å². The highest BCUT2D eigenvalue weighted by molar-refractivity contribution is 7.99. The van der Waals surface area contributed by atoms with E-state index >= 15 is 0 Å². The quantitative estimate of drug-likeness (QED) is 0.363. The molecule has 1 amide bonds. The van der Waals surface area contributed by atoms with Gasteiger partial charge in [0.1, 0.15) is 11.6 Å². The SMILES string of the molecule is O=C(CSc1n[nH]c(/C=C/c2ccc(F)cc2)n1)Nc1ccc(F)c(F)c1F. The minimum absolute atomic E-state index is 0.169. The highest BCUT2D eigenvalue weighted by Crippen LogP contribution is 2.20. The van der Waals surface area contributed by atoms with Crippen molar-refractivity contribution in [3.05, 3.63) is 71.1 Å². The lowest BCUT2D eigenvalue weighted by Gasteiger charge is -2.06. The second kappa shape index (κ2) is 8.70. The van der Waals surface area contributed by atoms with Crippen LogP contribution in [-0.4, -0.2) is 26.8 Å². The van der Waals surface area contributed by atoms with Gasteiger partial charge < -0.3 is 5.32 Å². The molecule has 0 aliphatic carbocycles. The Morgan fingerprint density at radius 2 is 1.79 bits per heavy atom. The fourth-order valence-electron chi connectivity index (χ4n) is 2.09. The van der Waals surface area contributed by atoms with Crippen LogP contribution in [0.4, 0.5) is 23.2 Å². The number of nitrogens with one attached hydrogen (secondary N) is 2. The summed E-state index contributed by atoms with van der Waals surface area (Å²) in [7, 11) is 0. The van der Waals surface area contributed by atoms with Gasteiger partial charge in [-0.25, -0.2) is 22.5 Å². The molecule has 3 aromatic rings. The number of benzene rings is 2. The number of hydrogen-bond donors (Lipinski definition) is 2. The molecule has 0 radical (unpaired) electrons. The van der Waals surface area contributed by atoms with Gasteiger partial charge in [-0.2, -0.15) is 0 Å². The molecule has 1 aromatic heterocycles. The predicted molar refractivity (Wildman–Crippen MR) is 97.4 cm³/mol. The molecule has 5 nitrogen and oxygen atoms in total. The average Bonchev–Trinajstić information content (AvgIpc) is 3.14. The summed E-state index contributed by atoms with van der Waals surface area (Å²) in [6.07, 6.45) is 3.33.